The van der Waals surface area contributed by atoms with Crippen LogP contribution in [0.25, 0.3) is 22.4 Å². The molecule has 0 spiro atoms. The third kappa shape index (κ3) is 1.95. The second-order valence-electron chi connectivity index (χ2n) is 4.25. The third-order valence-electron chi connectivity index (χ3n) is 2.96. The number of aromatic amines is 1. The molecule has 3 rings (SSSR count). The number of hydrogen-bond acceptors (Lipinski definition) is 4. The minimum absolute atomic E-state index is 0.103. The zero-order chi connectivity index (χ0) is 13.4. The van der Waals surface area contributed by atoms with E-state index in [-0.39, 0.29) is 5.75 Å². The number of aromatic hydroxyl groups is 1. The smallest absolute Gasteiger partial charge is 0.161 e. The van der Waals surface area contributed by atoms with E-state index in [4.69, 9.17) is 10.5 Å². The Morgan fingerprint density at radius 2 is 2.05 bits per heavy atom. The van der Waals surface area contributed by atoms with E-state index in [2.05, 4.69) is 9.97 Å². The predicted octanol–water partition coefficient (Wildman–Crippen LogP) is 2.53. The Balaban J connectivity index is 2.13. The van der Waals surface area contributed by atoms with Crippen LogP contribution >= 0.6 is 0 Å². The molecule has 0 atom stereocenters. The minimum atomic E-state index is 0.103. The normalized spacial score (nSPS) is 10.8. The molecule has 0 aliphatic rings. The average molecular weight is 255 g/mol. The van der Waals surface area contributed by atoms with Crippen molar-refractivity contribution in [1.82, 2.24) is 9.97 Å². The van der Waals surface area contributed by atoms with Gasteiger partial charge in [-0.15, -0.1) is 0 Å². The molecule has 0 amide bonds. The van der Waals surface area contributed by atoms with Crippen LogP contribution in [-0.4, -0.2) is 22.2 Å². The standard InChI is InChI=1S/C14H13N3O2/c1-19-13-6-8(2-5-12(13)18)14-16-10-4-3-9(15)7-11(10)17-14/h2-7,18H,15H2,1H3,(H,16,17). The number of H-pyrrole nitrogens is 1. The zero-order valence-electron chi connectivity index (χ0n) is 10.3. The van der Waals surface area contributed by atoms with Crippen molar-refractivity contribution in [3.05, 3.63) is 36.4 Å². The summed E-state index contributed by atoms with van der Waals surface area (Å²) in [6.07, 6.45) is 0. The summed E-state index contributed by atoms with van der Waals surface area (Å²) >= 11 is 0. The maximum Gasteiger partial charge on any atom is 0.161 e. The van der Waals surface area contributed by atoms with Crippen LogP contribution in [0.5, 0.6) is 11.5 Å². The number of rotatable bonds is 2. The van der Waals surface area contributed by atoms with Gasteiger partial charge in [0.2, 0.25) is 0 Å². The molecule has 0 saturated carbocycles. The monoisotopic (exact) mass is 255 g/mol. The number of anilines is 1. The van der Waals surface area contributed by atoms with Crippen LogP contribution in [0, 0.1) is 0 Å². The first-order chi connectivity index (χ1) is 9.17. The summed E-state index contributed by atoms with van der Waals surface area (Å²) in [4.78, 5) is 7.68. The summed E-state index contributed by atoms with van der Waals surface area (Å²) in [5.74, 6) is 1.22. The van der Waals surface area contributed by atoms with Crippen LogP contribution in [0.4, 0.5) is 5.69 Å². The molecule has 2 aromatic carbocycles. The van der Waals surface area contributed by atoms with Gasteiger partial charge < -0.3 is 20.6 Å². The first-order valence-electron chi connectivity index (χ1n) is 5.80. The molecule has 0 fully saturated rings. The van der Waals surface area contributed by atoms with E-state index in [0.29, 0.717) is 17.3 Å². The van der Waals surface area contributed by atoms with Gasteiger partial charge in [0.15, 0.2) is 11.5 Å². The lowest BCUT2D eigenvalue weighted by Gasteiger charge is -2.04. The number of hydrogen-bond donors (Lipinski definition) is 3. The van der Waals surface area contributed by atoms with Gasteiger partial charge in [0.05, 0.1) is 18.1 Å². The molecular weight excluding hydrogens is 242 g/mol. The summed E-state index contributed by atoms with van der Waals surface area (Å²) in [6, 6.07) is 10.6. The number of imidazole rings is 1. The highest BCUT2D eigenvalue weighted by Crippen LogP contribution is 2.31. The van der Waals surface area contributed by atoms with Gasteiger partial charge in [0.1, 0.15) is 5.82 Å². The number of nitrogens with two attached hydrogens (primary N) is 1. The van der Waals surface area contributed by atoms with Gasteiger partial charge in [-0.25, -0.2) is 4.98 Å². The van der Waals surface area contributed by atoms with Gasteiger partial charge in [0, 0.05) is 11.3 Å². The molecule has 5 nitrogen and oxygen atoms in total. The molecule has 0 radical (unpaired) electrons. The molecule has 4 N–H and O–H groups in total. The molecule has 0 unspecified atom stereocenters. The van der Waals surface area contributed by atoms with E-state index in [1.54, 1.807) is 18.2 Å². The van der Waals surface area contributed by atoms with Crippen LogP contribution in [0.3, 0.4) is 0 Å². The topological polar surface area (TPSA) is 84.2 Å². The summed E-state index contributed by atoms with van der Waals surface area (Å²) in [5, 5.41) is 9.59. The van der Waals surface area contributed by atoms with Crippen molar-refractivity contribution in [2.24, 2.45) is 0 Å². The van der Waals surface area contributed by atoms with E-state index in [0.717, 1.165) is 16.6 Å². The van der Waals surface area contributed by atoms with Crippen molar-refractivity contribution < 1.29 is 9.84 Å². The van der Waals surface area contributed by atoms with Gasteiger partial charge in [-0.1, -0.05) is 0 Å². The first kappa shape index (κ1) is 11.4. The van der Waals surface area contributed by atoms with Crippen molar-refractivity contribution in [2.45, 2.75) is 0 Å². The summed E-state index contributed by atoms with van der Waals surface area (Å²) in [7, 11) is 1.51. The second-order valence-corrected chi connectivity index (χ2v) is 4.25. The molecule has 19 heavy (non-hydrogen) atoms. The molecule has 5 heteroatoms. The first-order valence-corrected chi connectivity index (χ1v) is 5.80. The lowest BCUT2D eigenvalue weighted by atomic mass is 10.2. The number of phenolic OH excluding ortho intramolecular Hbond substituents is 1. The fourth-order valence-electron chi connectivity index (χ4n) is 1.99. The molecule has 1 aromatic heterocycles. The number of nitrogen functional groups attached to an aromatic ring is 1. The minimum Gasteiger partial charge on any atom is -0.504 e. The summed E-state index contributed by atoms with van der Waals surface area (Å²) < 4.78 is 5.09. The van der Waals surface area contributed by atoms with Crippen LogP contribution in [-0.2, 0) is 0 Å². The fraction of sp³-hybridized carbons (Fsp3) is 0.0714. The molecular formula is C14H13N3O2. The van der Waals surface area contributed by atoms with Crippen molar-refractivity contribution in [3.63, 3.8) is 0 Å². The molecule has 0 aliphatic carbocycles. The largest absolute Gasteiger partial charge is 0.504 e. The number of aromatic nitrogens is 2. The molecule has 0 saturated heterocycles. The molecule has 3 aromatic rings. The van der Waals surface area contributed by atoms with Crippen molar-refractivity contribution in [3.8, 4) is 22.9 Å². The number of nitrogens with one attached hydrogen (secondary N) is 1. The van der Waals surface area contributed by atoms with Crippen LogP contribution < -0.4 is 10.5 Å². The van der Waals surface area contributed by atoms with Crippen LogP contribution in [0.15, 0.2) is 36.4 Å². The van der Waals surface area contributed by atoms with Gasteiger partial charge in [-0.05, 0) is 36.4 Å². The quantitative estimate of drug-likeness (QED) is 0.614. The van der Waals surface area contributed by atoms with Gasteiger partial charge in [-0.2, -0.15) is 0 Å². The third-order valence-corrected chi connectivity index (χ3v) is 2.96. The van der Waals surface area contributed by atoms with E-state index >= 15 is 0 Å². The maximum absolute atomic E-state index is 9.59. The Morgan fingerprint density at radius 1 is 1.21 bits per heavy atom. The average Bonchev–Trinajstić information content (AvgIpc) is 2.82. The van der Waals surface area contributed by atoms with Crippen LogP contribution in [0.2, 0.25) is 0 Å². The van der Waals surface area contributed by atoms with Crippen molar-refractivity contribution in [1.29, 1.82) is 0 Å². The molecule has 0 aliphatic heterocycles. The zero-order valence-corrected chi connectivity index (χ0v) is 10.3. The number of benzene rings is 2. The Morgan fingerprint density at radius 3 is 2.84 bits per heavy atom. The number of ether oxygens (including phenoxy) is 1. The SMILES string of the molecule is COc1cc(-c2nc3ccc(N)cc3[nH]2)ccc1O. The maximum atomic E-state index is 9.59. The summed E-state index contributed by atoms with van der Waals surface area (Å²) in [5.41, 5.74) is 8.98. The number of fused-ring (bicyclic) bond motifs is 1. The Bertz CT molecular complexity index is 750. The molecule has 1 heterocycles. The highest BCUT2D eigenvalue weighted by molar-refractivity contribution is 5.82. The van der Waals surface area contributed by atoms with Crippen LogP contribution in [0.1, 0.15) is 0 Å². The lowest BCUT2D eigenvalue weighted by Crippen LogP contribution is -1.86. The van der Waals surface area contributed by atoms with E-state index < -0.39 is 0 Å². The summed E-state index contributed by atoms with van der Waals surface area (Å²) in [6.45, 7) is 0. The molecule has 96 valence electrons. The number of phenols is 1. The number of methoxy groups -OCH3 is 1. The highest BCUT2D eigenvalue weighted by atomic mass is 16.5. The van der Waals surface area contributed by atoms with Crippen molar-refractivity contribution >= 4 is 16.7 Å². The van der Waals surface area contributed by atoms with Gasteiger partial charge in [-0.3, -0.25) is 0 Å². The van der Waals surface area contributed by atoms with Crippen molar-refractivity contribution in [2.75, 3.05) is 12.8 Å². The Hall–Kier alpha value is -2.69. The van der Waals surface area contributed by atoms with E-state index in [9.17, 15) is 5.11 Å². The van der Waals surface area contributed by atoms with E-state index in [1.165, 1.54) is 7.11 Å². The Labute approximate surface area is 109 Å². The lowest BCUT2D eigenvalue weighted by molar-refractivity contribution is 0.373. The highest BCUT2D eigenvalue weighted by Gasteiger charge is 2.08. The Kier molecular flexibility index (Phi) is 2.52. The number of nitrogens with zero attached hydrogens (tertiary/aromatic N) is 1. The van der Waals surface area contributed by atoms with E-state index in [1.807, 2.05) is 18.2 Å². The fourth-order valence-corrected chi connectivity index (χ4v) is 1.99. The second kappa shape index (κ2) is 4.20. The van der Waals surface area contributed by atoms with Gasteiger partial charge in [0.25, 0.3) is 0 Å². The molecule has 0 bridgehead atoms. The van der Waals surface area contributed by atoms with Gasteiger partial charge >= 0.3 is 0 Å². The predicted molar refractivity (Wildman–Crippen MR) is 74.2 cm³/mol.